The van der Waals surface area contributed by atoms with E-state index in [4.69, 9.17) is 16.7 Å². The molecule has 8 heteroatoms. The van der Waals surface area contributed by atoms with Crippen LogP contribution in [0.5, 0.6) is 0 Å². The zero-order chi connectivity index (χ0) is 28.5. The normalized spacial score (nSPS) is 20.4. The van der Waals surface area contributed by atoms with Crippen LogP contribution in [0.25, 0.3) is 0 Å². The number of halogens is 1. The largest absolute Gasteiger partial charge is 0.481 e. The summed E-state index contributed by atoms with van der Waals surface area (Å²) in [5.41, 5.74) is 2.41. The zero-order valence-corrected chi connectivity index (χ0v) is 24.2. The van der Waals surface area contributed by atoms with Gasteiger partial charge in [0.05, 0.1) is 12.5 Å². The van der Waals surface area contributed by atoms with Crippen molar-refractivity contribution < 1.29 is 19.5 Å². The summed E-state index contributed by atoms with van der Waals surface area (Å²) in [4.78, 5) is 38.8. The molecule has 3 amide bonds. The first-order valence-corrected chi connectivity index (χ1v) is 15.1. The lowest BCUT2D eigenvalue weighted by atomic mass is 9.72. The third kappa shape index (κ3) is 8.47. The van der Waals surface area contributed by atoms with Crippen molar-refractivity contribution in [2.75, 3.05) is 6.54 Å². The van der Waals surface area contributed by atoms with Gasteiger partial charge in [-0.1, -0.05) is 68.0 Å². The summed E-state index contributed by atoms with van der Waals surface area (Å²) >= 11 is 6.06. The highest BCUT2D eigenvalue weighted by atomic mass is 35.5. The molecule has 0 heterocycles. The Labute approximate surface area is 242 Å². The Morgan fingerprint density at radius 1 is 0.900 bits per heavy atom. The third-order valence-electron chi connectivity index (χ3n) is 8.66. The van der Waals surface area contributed by atoms with Crippen LogP contribution < -0.4 is 10.6 Å². The van der Waals surface area contributed by atoms with Gasteiger partial charge in [-0.25, -0.2) is 4.79 Å². The van der Waals surface area contributed by atoms with Crippen LogP contribution in [0, 0.1) is 11.8 Å². The van der Waals surface area contributed by atoms with Gasteiger partial charge in [0.15, 0.2) is 0 Å². The van der Waals surface area contributed by atoms with E-state index < -0.39 is 5.97 Å². The smallest absolute Gasteiger partial charge is 0.318 e. The Morgan fingerprint density at radius 2 is 1.52 bits per heavy atom. The van der Waals surface area contributed by atoms with Gasteiger partial charge >= 0.3 is 12.0 Å². The van der Waals surface area contributed by atoms with E-state index in [-0.39, 0.29) is 37.0 Å². The maximum atomic E-state index is 13.7. The van der Waals surface area contributed by atoms with Crippen LogP contribution in [0.3, 0.4) is 0 Å². The van der Waals surface area contributed by atoms with Gasteiger partial charge in [0.25, 0.3) is 5.91 Å². The molecule has 216 valence electrons. The molecule has 2 aliphatic carbocycles. The van der Waals surface area contributed by atoms with Crippen molar-refractivity contribution >= 4 is 29.5 Å². The van der Waals surface area contributed by atoms with Crippen molar-refractivity contribution in [2.24, 2.45) is 11.8 Å². The van der Waals surface area contributed by atoms with Gasteiger partial charge in [0, 0.05) is 29.7 Å². The monoisotopic (exact) mass is 567 g/mol. The summed E-state index contributed by atoms with van der Waals surface area (Å²) in [7, 11) is 0. The molecule has 0 radical (unpaired) electrons. The lowest BCUT2D eigenvalue weighted by Gasteiger charge is -2.40. The van der Waals surface area contributed by atoms with E-state index in [0.29, 0.717) is 17.1 Å². The molecular formula is C32H42ClN3O4. The predicted molar refractivity (Wildman–Crippen MR) is 157 cm³/mol. The number of rotatable bonds is 10. The van der Waals surface area contributed by atoms with Crippen LogP contribution in [-0.4, -0.2) is 40.5 Å². The fraction of sp³-hybridized carbons (Fsp3) is 0.531. The molecule has 0 saturated heterocycles. The highest BCUT2D eigenvalue weighted by Crippen LogP contribution is 2.39. The summed E-state index contributed by atoms with van der Waals surface area (Å²) in [6.07, 6.45) is 11.0. The van der Waals surface area contributed by atoms with Crippen molar-refractivity contribution in [2.45, 2.75) is 89.8 Å². The molecule has 40 heavy (non-hydrogen) atoms. The molecule has 2 saturated carbocycles. The van der Waals surface area contributed by atoms with Crippen molar-refractivity contribution in [3.8, 4) is 0 Å². The molecule has 2 fully saturated rings. The number of carboxylic acids is 1. The highest BCUT2D eigenvalue weighted by molar-refractivity contribution is 6.30. The number of carboxylic acid groups (broad SMARTS) is 1. The van der Waals surface area contributed by atoms with Crippen LogP contribution in [-0.2, 0) is 11.3 Å². The molecular weight excluding hydrogens is 526 g/mol. The van der Waals surface area contributed by atoms with Crippen molar-refractivity contribution in [3.05, 3.63) is 70.2 Å². The van der Waals surface area contributed by atoms with Crippen LogP contribution >= 0.6 is 11.6 Å². The first-order valence-electron chi connectivity index (χ1n) is 14.7. The number of benzene rings is 2. The van der Waals surface area contributed by atoms with Crippen LogP contribution in [0.2, 0.25) is 5.02 Å². The molecule has 3 N–H and O–H groups in total. The Balaban J connectivity index is 1.43. The van der Waals surface area contributed by atoms with Crippen LogP contribution in [0.4, 0.5) is 4.79 Å². The second-order valence-corrected chi connectivity index (χ2v) is 11.9. The van der Waals surface area contributed by atoms with Gasteiger partial charge in [-0.2, -0.15) is 0 Å². The maximum absolute atomic E-state index is 13.7. The lowest BCUT2D eigenvalue weighted by Crippen LogP contribution is -2.48. The average Bonchev–Trinajstić information content (AvgIpc) is 2.97. The predicted octanol–water partition coefficient (Wildman–Crippen LogP) is 6.96. The zero-order valence-electron chi connectivity index (χ0n) is 23.4. The Bertz CT molecular complexity index is 1120. The van der Waals surface area contributed by atoms with Crippen molar-refractivity contribution in [3.63, 3.8) is 0 Å². The fourth-order valence-corrected chi connectivity index (χ4v) is 6.43. The van der Waals surface area contributed by atoms with Gasteiger partial charge in [-0.3, -0.25) is 9.59 Å². The molecule has 1 unspecified atom stereocenters. The number of hydrogen-bond acceptors (Lipinski definition) is 3. The molecule has 0 spiro atoms. The number of nitrogens with zero attached hydrogens (tertiary/aromatic N) is 1. The molecule has 0 aliphatic heterocycles. The maximum Gasteiger partial charge on any atom is 0.318 e. The summed E-state index contributed by atoms with van der Waals surface area (Å²) in [5.74, 6) is 0.358. The van der Waals surface area contributed by atoms with Crippen molar-refractivity contribution in [1.29, 1.82) is 0 Å². The number of aliphatic carboxylic acids is 1. The molecule has 1 atom stereocenters. The summed E-state index contributed by atoms with van der Waals surface area (Å²) in [6, 6.07) is 14.7. The summed E-state index contributed by atoms with van der Waals surface area (Å²) in [6.45, 7) is 2.52. The van der Waals surface area contributed by atoms with Gasteiger partial charge in [0.1, 0.15) is 0 Å². The molecule has 2 aliphatic rings. The van der Waals surface area contributed by atoms with E-state index in [1.54, 1.807) is 12.1 Å². The van der Waals surface area contributed by atoms with Gasteiger partial charge < -0.3 is 20.6 Å². The molecule has 0 aromatic heterocycles. The summed E-state index contributed by atoms with van der Waals surface area (Å²) in [5, 5.41) is 15.3. The highest BCUT2D eigenvalue weighted by Gasteiger charge is 2.33. The topological polar surface area (TPSA) is 98.7 Å². The number of amides is 3. The number of urea groups is 1. The molecule has 2 aromatic carbocycles. The SMILES string of the molecule is CC(NC(=O)N(Cc1ccc(C(=O)NCCC(=O)O)cc1)C1CCC(C2CCCCC2)CC1)c1ccc(Cl)cc1. The standard InChI is InChI=1S/C32H42ClN3O4/c1-22(24-11-15-28(33)16-12-24)35-32(40)36(29-17-13-26(14-18-29)25-5-3-2-4-6-25)21-23-7-9-27(10-8-23)31(39)34-20-19-30(37)38/h7-12,15-16,22,25-26,29H,2-6,13-14,17-21H2,1H3,(H,34,39)(H,35,40)(H,37,38). The van der Waals surface area contributed by atoms with E-state index in [0.717, 1.165) is 35.8 Å². The molecule has 7 nitrogen and oxygen atoms in total. The molecule has 0 bridgehead atoms. The van der Waals surface area contributed by atoms with E-state index in [2.05, 4.69) is 10.6 Å². The fourth-order valence-electron chi connectivity index (χ4n) is 6.30. The quantitative estimate of drug-likeness (QED) is 0.289. The number of carbonyl (C=O) groups excluding carboxylic acids is 2. The first kappa shape index (κ1) is 29.9. The summed E-state index contributed by atoms with van der Waals surface area (Å²) < 4.78 is 0. The van der Waals surface area contributed by atoms with Crippen molar-refractivity contribution in [1.82, 2.24) is 15.5 Å². The lowest BCUT2D eigenvalue weighted by molar-refractivity contribution is -0.136. The molecule has 2 aromatic rings. The second kappa shape index (κ2) is 14.5. The number of nitrogens with one attached hydrogen (secondary N) is 2. The van der Waals surface area contributed by atoms with Gasteiger partial charge in [-0.05, 0) is 79.8 Å². The van der Waals surface area contributed by atoms with Gasteiger partial charge in [0.2, 0.25) is 0 Å². The van der Waals surface area contributed by atoms with E-state index in [1.165, 1.54) is 44.9 Å². The van der Waals surface area contributed by atoms with E-state index in [9.17, 15) is 14.4 Å². The average molecular weight is 568 g/mol. The van der Waals surface area contributed by atoms with Gasteiger partial charge in [-0.15, -0.1) is 0 Å². The Kier molecular flexibility index (Phi) is 10.9. The van der Waals surface area contributed by atoms with Crippen LogP contribution in [0.15, 0.2) is 48.5 Å². The minimum Gasteiger partial charge on any atom is -0.481 e. The Morgan fingerprint density at radius 3 is 2.15 bits per heavy atom. The van der Waals surface area contributed by atoms with E-state index >= 15 is 0 Å². The number of hydrogen-bond donors (Lipinski definition) is 3. The second-order valence-electron chi connectivity index (χ2n) is 11.4. The first-order chi connectivity index (χ1) is 19.3. The molecule has 4 rings (SSSR count). The Hall–Kier alpha value is -3.06. The van der Waals surface area contributed by atoms with Crippen LogP contribution in [0.1, 0.15) is 98.7 Å². The van der Waals surface area contributed by atoms with E-state index in [1.807, 2.05) is 48.2 Å². The number of carbonyl (C=O) groups is 3. The minimum atomic E-state index is -0.952. The third-order valence-corrected chi connectivity index (χ3v) is 8.91. The minimum absolute atomic E-state index is 0.0825.